The molecule has 0 unspecified atom stereocenters. The summed E-state index contributed by atoms with van der Waals surface area (Å²) in [7, 11) is 1.57. The molecule has 0 aliphatic carbocycles. The van der Waals surface area contributed by atoms with Gasteiger partial charge in [0.05, 0.1) is 11.1 Å². The van der Waals surface area contributed by atoms with Crippen LogP contribution >= 0.6 is 24.0 Å². The SMILES string of the molecule is CCCCN1C(=O)[C@@H]([C@H](O)C2CCOCC2)NC(=O)C12CCN(Cc1ccc(Oc3ccc(C(=O)NC)cc3Cl)cc1)CC2.Cl. The second-order valence-corrected chi connectivity index (χ2v) is 12.4. The first kappa shape index (κ1) is 35.0. The van der Waals surface area contributed by atoms with Gasteiger partial charge < -0.3 is 30.1 Å². The Balaban J connectivity index is 0.00000461. The standard InChI is InChI=1S/C33H43ClN4O6.ClH/c1-3-4-15-38-31(41)28(29(39)23-11-18-43-19-12-23)36-32(42)33(38)13-16-37(17-14-33)21-22-5-8-25(9-6-22)44-27-10-7-24(20-26(27)34)30(40)35-2;/h5-10,20,23,28-29,39H,3-4,11-19,21H2,1-2H3,(H,35,40)(H,36,42);1H/t28-,29-;/m1./s1. The van der Waals surface area contributed by atoms with E-state index in [1.54, 1.807) is 30.1 Å². The molecule has 3 heterocycles. The van der Waals surface area contributed by atoms with Crippen molar-refractivity contribution in [2.24, 2.45) is 5.92 Å². The maximum absolute atomic E-state index is 13.8. The van der Waals surface area contributed by atoms with Crippen LogP contribution in [-0.2, 0) is 20.9 Å². The van der Waals surface area contributed by atoms with Crippen molar-refractivity contribution >= 4 is 41.7 Å². The normalized spacial score (nSPS) is 21.2. The quantitative estimate of drug-likeness (QED) is 0.349. The third-order valence-corrected chi connectivity index (χ3v) is 9.54. The Kier molecular flexibility index (Phi) is 12.1. The van der Waals surface area contributed by atoms with Gasteiger partial charge in [-0.1, -0.05) is 37.1 Å². The van der Waals surface area contributed by atoms with Crippen LogP contribution in [0.4, 0.5) is 0 Å². The molecular formula is C33H44Cl2N4O6. The number of ether oxygens (including phenoxy) is 2. The summed E-state index contributed by atoms with van der Waals surface area (Å²) in [5.74, 6) is 0.498. The van der Waals surface area contributed by atoms with E-state index in [1.165, 1.54) is 0 Å². The number of amides is 3. The molecule has 2 atom stereocenters. The predicted octanol–water partition coefficient (Wildman–Crippen LogP) is 4.16. The predicted molar refractivity (Wildman–Crippen MR) is 174 cm³/mol. The molecule has 3 aliphatic rings. The van der Waals surface area contributed by atoms with Crippen molar-refractivity contribution in [1.82, 2.24) is 20.4 Å². The van der Waals surface area contributed by atoms with Crippen LogP contribution in [-0.4, -0.2) is 90.2 Å². The number of hydrogen-bond acceptors (Lipinski definition) is 7. The zero-order valence-corrected chi connectivity index (χ0v) is 27.5. The third kappa shape index (κ3) is 7.74. The van der Waals surface area contributed by atoms with Crippen LogP contribution in [0.15, 0.2) is 42.5 Å². The minimum Gasteiger partial charge on any atom is -0.456 e. The molecule has 246 valence electrons. The van der Waals surface area contributed by atoms with Gasteiger partial charge in [0.25, 0.3) is 5.91 Å². The smallest absolute Gasteiger partial charge is 0.251 e. The first-order valence-electron chi connectivity index (χ1n) is 15.6. The van der Waals surface area contributed by atoms with Gasteiger partial charge in [-0.05, 0) is 73.9 Å². The highest BCUT2D eigenvalue weighted by atomic mass is 35.5. The monoisotopic (exact) mass is 662 g/mol. The van der Waals surface area contributed by atoms with Crippen molar-refractivity contribution in [3.05, 3.63) is 58.6 Å². The Labute approximate surface area is 276 Å². The fraction of sp³-hybridized carbons (Fsp3) is 0.545. The summed E-state index contributed by atoms with van der Waals surface area (Å²) >= 11 is 6.34. The number of aliphatic hydroxyl groups is 1. The van der Waals surface area contributed by atoms with Gasteiger partial charge in [-0.3, -0.25) is 19.3 Å². The van der Waals surface area contributed by atoms with Gasteiger partial charge in [-0.25, -0.2) is 0 Å². The number of hydrogen-bond donors (Lipinski definition) is 3. The van der Waals surface area contributed by atoms with E-state index in [2.05, 4.69) is 22.5 Å². The first-order chi connectivity index (χ1) is 21.3. The average Bonchev–Trinajstić information content (AvgIpc) is 3.05. The van der Waals surface area contributed by atoms with Crippen molar-refractivity contribution in [2.45, 2.75) is 69.7 Å². The molecule has 5 rings (SSSR count). The van der Waals surface area contributed by atoms with Gasteiger partial charge >= 0.3 is 0 Å². The van der Waals surface area contributed by atoms with Gasteiger partial charge in [0.15, 0.2) is 0 Å². The number of carbonyl (C=O) groups is 3. The van der Waals surface area contributed by atoms with E-state index in [0.717, 1.165) is 18.4 Å². The molecule has 10 nitrogen and oxygen atoms in total. The Morgan fingerprint density at radius 2 is 1.84 bits per heavy atom. The second kappa shape index (κ2) is 15.6. The number of piperidine rings is 1. The number of nitrogens with one attached hydrogen (secondary N) is 2. The Bertz CT molecular complexity index is 1330. The van der Waals surface area contributed by atoms with Gasteiger partial charge in [-0.2, -0.15) is 0 Å². The highest BCUT2D eigenvalue weighted by Gasteiger charge is 2.55. The molecule has 3 saturated heterocycles. The highest BCUT2D eigenvalue weighted by molar-refractivity contribution is 6.32. The Morgan fingerprint density at radius 3 is 2.47 bits per heavy atom. The number of rotatable bonds is 10. The van der Waals surface area contributed by atoms with Gasteiger partial charge in [-0.15, -0.1) is 12.4 Å². The summed E-state index contributed by atoms with van der Waals surface area (Å²) in [6, 6.07) is 11.8. The van der Waals surface area contributed by atoms with Crippen LogP contribution in [0.1, 0.15) is 61.4 Å². The topological polar surface area (TPSA) is 120 Å². The third-order valence-electron chi connectivity index (χ3n) is 9.25. The number of aliphatic hydroxyl groups excluding tert-OH is 1. The lowest BCUT2D eigenvalue weighted by Crippen LogP contribution is -2.75. The lowest BCUT2D eigenvalue weighted by Gasteiger charge is -2.52. The fourth-order valence-corrected chi connectivity index (χ4v) is 6.75. The second-order valence-electron chi connectivity index (χ2n) is 12.0. The lowest BCUT2D eigenvalue weighted by atomic mass is 9.79. The minimum absolute atomic E-state index is 0. The van der Waals surface area contributed by atoms with Crippen LogP contribution in [0.3, 0.4) is 0 Å². The minimum atomic E-state index is -0.915. The molecule has 45 heavy (non-hydrogen) atoms. The van der Waals surface area contributed by atoms with E-state index in [0.29, 0.717) is 87.2 Å². The van der Waals surface area contributed by atoms with Gasteiger partial charge in [0, 0.05) is 52.0 Å². The number of benzene rings is 2. The summed E-state index contributed by atoms with van der Waals surface area (Å²) in [6.07, 6.45) is 3.25. The van der Waals surface area contributed by atoms with Crippen molar-refractivity contribution in [3.63, 3.8) is 0 Å². The zero-order valence-electron chi connectivity index (χ0n) is 25.9. The van der Waals surface area contributed by atoms with Crippen LogP contribution in [0, 0.1) is 5.92 Å². The van der Waals surface area contributed by atoms with Crippen molar-refractivity contribution in [3.8, 4) is 11.5 Å². The van der Waals surface area contributed by atoms with Crippen molar-refractivity contribution in [1.29, 1.82) is 0 Å². The van der Waals surface area contributed by atoms with Gasteiger partial charge in [0.2, 0.25) is 11.8 Å². The maximum Gasteiger partial charge on any atom is 0.251 e. The molecule has 0 saturated carbocycles. The molecule has 3 N–H and O–H groups in total. The molecule has 0 radical (unpaired) electrons. The summed E-state index contributed by atoms with van der Waals surface area (Å²) in [4.78, 5) is 43.5. The first-order valence-corrected chi connectivity index (χ1v) is 16.0. The van der Waals surface area contributed by atoms with E-state index in [1.807, 2.05) is 24.3 Å². The number of carbonyl (C=O) groups excluding carboxylic acids is 3. The number of piperazine rings is 1. The van der Waals surface area contributed by atoms with E-state index >= 15 is 0 Å². The van der Waals surface area contributed by atoms with Crippen LogP contribution in [0.25, 0.3) is 0 Å². The molecule has 1 spiro atoms. The van der Waals surface area contributed by atoms with E-state index in [4.69, 9.17) is 21.1 Å². The van der Waals surface area contributed by atoms with Crippen LogP contribution < -0.4 is 15.4 Å². The van der Waals surface area contributed by atoms with Gasteiger partial charge in [0.1, 0.15) is 23.1 Å². The molecule has 3 fully saturated rings. The van der Waals surface area contributed by atoms with E-state index < -0.39 is 17.7 Å². The van der Waals surface area contributed by atoms with E-state index in [-0.39, 0.29) is 36.0 Å². The van der Waals surface area contributed by atoms with Crippen LogP contribution in [0.5, 0.6) is 11.5 Å². The number of halogens is 2. The van der Waals surface area contributed by atoms with Crippen molar-refractivity contribution in [2.75, 3.05) is 39.9 Å². The van der Waals surface area contributed by atoms with Crippen molar-refractivity contribution < 1.29 is 29.0 Å². The number of likely N-dealkylation sites (tertiary alicyclic amines) is 1. The Hall–Kier alpha value is -2.89. The molecule has 3 amide bonds. The molecule has 3 aliphatic heterocycles. The van der Waals surface area contributed by atoms with Crippen LogP contribution in [0.2, 0.25) is 5.02 Å². The average molecular weight is 664 g/mol. The summed E-state index contributed by atoms with van der Waals surface area (Å²) in [5.41, 5.74) is 0.666. The molecule has 2 aromatic rings. The molecular weight excluding hydrogens is 619 g/mol. The molecule has 12 heteroatoms. The zero-order chi connectivity index (χ0) is 31.3. The summed E-state index contributed by atoms with van der Waals surface area (Å²) < 4.78 is 11.4. The molecule has 0 aromatic heterocycles. The Morgan fingerprint density at radius 1 is 1.16 bits per heavy atom. The molecule has 2 aromatic carbocycles. The maximum atomic E-state index is 13.8. The highest BCUT2D eigenvalue weighted by Crippen LogP contribution is 2.36. The summed E-state index contributed by atoms with van der Waals surface area (Å²) in [5, 5.41) is 17.0. The summed E-state index contributed by atoms with van der Waals surface area (Å²) in [6.45, 7) is 5.76. The molecule has 0 bridgehead atoms. The largest absolute Gasteiger partial charge is 0.456 e. The fourth-order valence-electron chi connectivity index (χ4n) is 6.54. The number of nitrogens with zero attached hydrogens (tertiary/aromatic N) is 2. The van der Waals surface area contributed by atoms with E-state index in [9.17, 15) is 19.5 Å². The number of unbranched alkanes of at least 4 members (excludes halogenated alkanes) is 1. The lowest BCUT2D eigenvalue weighted by molar-refractivity contribution is -0.166.